The summed E-state index contributed by atoms with van der Waals surface area (Å²) < 4.78 is 5.43. The van der Waals surface area contributed by atoms with Crippen LogP contribution >= 0.6 is 0 Å². The Labute approximate surface area is 114 Å². The summed E-state index contributed by atoms with van der Waals surface area (Å²) in [6.07, 6.45) is 0.576. The van der Waals surface area contributed by atoms with Crippen molar-refractivity contribution in [1.29, 1.82) is 0 Å². The van der Waals surface area contributed by atoms with Crippen molar-refractivity contribution in [3.8, 4) is 0 Å². The van der Waals surface area contributed by atoms with E-state index >= 15 is 0 Å². The van der Waals surface area contributed by atoms with Crippen molar-refractivity contribution in [3.05, 3.63) is 35.9 Å². The second-order valence-electron chi connectivity index (χ2n) is 5.65. The maximum atomic E-state index is 12.5. The van der Waals surface area contributed by atoms with E-state index in [0.717, 1.165) is 5.56 Å². The van der Waals surface area contributed by atoms with Crippen LogP contribution in [-0.2, 0) is 16.0 Å². The third kappa shape index (κ3) is 3.33. The highest BCUT2D eigenvalue weighted by molar-refractivity contribution is 5.82. The van der Waals surface area contributed by atoms with E-state index in [2.05, 4.69) is 0 Å². The van der Waals surface area contributed by atoms with Crippen molar-refractivity contribution in [1.82, 2.24) is 4.90 Å². The maximum absolute atomic E-state index is 12.5. The van der Waals surface area contributed by atoms with Gasteiger partial charge in [-0.3, -0.25) is 4.79 Å². The molecule has 1 aromatic carbocycles. The Bertz CT molecular complexity index is 431. The van der Waals surface area contributed by atoms with Gasteiger partial charge in [0.1, 0.15) is 0 Å². The first kappa shape index (κ1) is 14.0. The average molecular weight is 262 g/mol. The number of ether oxygens (including phenoxy) is 1. The Kier molecular flexibility index (Phi) is 4.22. The van der Waals surface area contributed by atoms with E-state index in [0.29, 0.717) is 26.2 Å². The summed E-state index contributed by atoms with van der Waals surface area (Å²) >= 11 is 0. The number of nitrogens with zero attached hydrogens (tertiary/aromatic N) is 1. The number of hydrogen-bond acceptors (Lipinski definition) is 3. The molecule has 0 saturated carbocycles. The van der Waals surface area contributed by atoms with Crippen LogP contribution in [0, 0.1) is 0 Å². The lowest BCUT2D eigenvalue weighted by Crippen LogP contribution is -2.59. The highest BCUT2D eigenvalue weighted by Gasteiger charge is 2.36. The molecule has 1 heterocycles. The standard InChI is InChI=1S/C15H22N2O2/c1-15(2)11-19-9-8-17(15)14(18)13(16)10-12-6-4-3-5-7-12/h3-7,13H,8-11,16H2,1-2H3/t13-/m1/s1. The fourth-order valence-electron chi connectivity index (χ4n) is 2.42. The summed E-state index contributed by atoms with van der Waals surface area (Å²) in [5, 5.41) is 0. The van der Waals surface area contributed by atoms with Gasteiger partial charge in [0.15, 0.2) is 0 Å². The molecule has 1 atom stereocenters. The second-order valence-corrected chi connectivity index (χ2v) is 5.65. The van der Waals surface area contributed by atoms with Crippen LogP contribution in [0.2, 0.25) is 0 Å². The minimum absolute atomic E-state index is 0.0113. The van der Waals surface area contributed by atoms with Crippen LogP contribution in [0.5, 0.6) is 0 Å². The average Bonchev–Trinajstić information content (AvgIpc) is 2.38. The van der Waals surface area contributed by atoms with E-state index in [1.807, 2.05) is 49.1 Å². The van der Waals surface area contributed by atoms with Crippen LogP contribution in [-0.4, -0.2) is 42.1 Å². The van der Waals surface area contributed by atoms with Gasteiger partial charge in [-0.2, -0.15) is 0 Å². The van der Waals surface area contributed by atoms with Gasteiger partial charge in [-0.1, -0.05) is 30.3 Å². The number of carbonyl (C=O) groups is 1. The van der Waals surface area contributed by atoms with Crippen LogP contribution in [0.25, 0.3) is 0 Å². The topological polar surface area (TPSA) is 55.6 Å². The van der Waals surface area contributed by atoms with Gasteiger partial charge < -0.3 is 15.4 Å². The van der Waals surface area contributed by atoms with Gasteiger partial charge in [-0.25, -0.2) is 0 Å². The molecule has 4 heteroatoms. The quantitative estimate of drug-likeness (QED) is 0.890. The Hall–Kier alpha value is -1.39. The van der Waals surface area contributed by atoms with E-state index in [-0.39, 0.29) is 11.4 Å². The molecule has 1 aliphatic heterocycles. The number of morpholine rings is 1. The third-order valence-electron chi connectivity index (χ3n) is 3.53. The van der Waals surface area contributed by atoms with Crippen molar-refractivity contribution >= 4 is 5.91 Å². The van der Waals surface area contributed by atoms with Gasteiger partial charge in [0, 0.05) is 6.54 Å². The first-order chi connectivity index (χ1) is 9.00. The Balaban J connectivity index is 2.02. The van der Waals surface area contributed by atoms with E-state index in [9.17, 15) is 4.79 Å². The normalized spacial score (nSPS) is 20.1. The molecule has 0 aliphatic carbocycles. The predicted molar refractivity (Wildman–Crippen MR) is 74.7 cm³/mol. The van der Waals surface area contributed by atoms with Crippen LogP contribution < -0.4 is 5.73 Å². The first-order valence-corrected chi connectivity index (χ1v) is 6.69. The van der Waals surface area contributed by atoms with Crippen molar-refractivity contribution in [3.63, 3.8) is 0 Å². The summed E-state index contributed by atoms with van der Waals surface area (Å²) in [4.78, 5) is 14.3. The van der Waals surface area contributed by atoms with Gasteiger partial charge in [0.25, 0.3) is 0 Å². The summed E-state index contributed by atoms with van der Waals surface area (Å²) in [6, 6.07) is 9.40. The molecule has 19 heavy (non-hydrogen) atoms. The molecule has 0 radical (unpaired) electrons. The van der Waals surface area contributed by atoms with E-state index in [1.165, 1.54) is 0 Å². The zero-order valence-electron chi connectivity index (χ0n) is 11.6. The lowest BCUT2D eigenvalue weighted by Gasteiger charge is -2.43. The SMILES string of the molecule is CC1(C)COCCN1C(=O)[C@H](N)Cc1ccccc1. The maximum Gasteiger partial charge on any atom is 0.240 e. The molecule has 0 unspecified atom stereocenters. The van der Waals surface area contributed by atoms with E-state index < -0.39 is 6.04 Å². The van der Waals surface area contributed by atoms with E-state index in [4.69, 9.17) is 10.5 Å². The van der Waals surface area contributed by atoms with Crippen molar-refractivity contribution in [2.45, 2.75) is 31.8 Å². The number of rotatable bonds is 3. The van der Waals surface area contributed by atoms with E-state index in [1.54, 1.807) is 0 Å². The van der Waals surface area contributed by atoms with Gasteiger partial charge in [-0.15, -0.1) is 0 Å². The van der Waals surface area contributed by atoms with Crippen LogP contribution in [0.15, 0.2) is 30.3 Å². The van der Waals surface area contributed by atoms with Gasteiger partial charge >= 0.3 is 0 Å². The number of nitrogens with two attached hydrogens (primary N) is 1. The molecule has 0 aromatic heterocycles. The highest BCUT2D eigenvalue weighted by Crippen LogP contribution is 2.20. The Morgan fingerprint density at radius 2 is 2.11 bits per heavy atom. The number of amides is 1. The zero-order chi connectivity index (χ0) is 13.9. The molecule has 2 N–H and O–H groups in total. The highest BCUT2D eigenvalue weighted by atomic mass is 16.5. The second kappa shape index (κ2) is 5.72. The summed E-state index contributed by atoms with van der Waals surface area (Å²) in [5.41, 5.74) is 6.89. The van der Waals surface area contributed by atoms with Crippen molar-refractivity contribution < 1.29 is 9.53 Å². The first-order valence-electron chi connectivity index (χ1n) is 6.69. The minimum Gasteiger partial charge on any atom is -0.377 e. The monoisotopic (exact) mass is 262 g/mol. The summed E-state index contributed by atoms with van der Waals surface area (Å²) in [6.45, 7) is 5.80. The smallest absolute Gasteiger partial charge is 0.240 e. The molecule has 1 aliphatic rings. The summed E-state index contributed by atoms with van der Waals surface area (Å²) in [7, 11) is 0. The number of benzene rings is 1. The third-order valence-corrected chi connectivity index (χ3v) is 3.53. The molecule has 0 spiro atoms. The fraction of sp³-hybridized carbons (Fsp3) is 0.533. The molecule has 4 nitrogen and oxygen atoms in total. The summed E-state index contributed by atoms with van der Waals surface area (Å²) in [5.74, 6) is 0.0113. The van der Waals surface area contributed by atoms with Crippen molar-refractivity contribution in [2.24, 2.45) is 5.73 Å². The molecule has 104 valence electrons. The molecule has 1 amide bonds. The zero-order valence-corrected chi connectivity index (χ0v) is 11.6. The van der Waals surface area contributed by atoms with Gasteiger partial charge in [0.05, 0.1) is 24.8 Å². The molecule has 2 rings (SSSR count). The lowest BCUT2D eigenvalue weighted by atomic mass is 9.99. The molecule has 0 bridgehead atoms. The van der Waals surface area contributed by atoms with Gasteiger partial charge in [0.2, 0.25) is 5.91 Å². The molecular weight excluding hydrogens is 240 g/mol. The minimum atomic E-state index is -0.486. The number of hydrogen-bond donors (Lipinski definition) is 1. The molecular formula is C15H22N2O2. The van der Waals surface area contributed by atoms with Crippen LogP contribution in [0.1, 0.15) is 19.4 Å². The van der Waals surface area contributed by atoms with Gasteiger partial charge in [-0.05, 0) is 25.8 Å². The van der Waals surface area contributed by atoms with Crippen LogP contribution in [0.3, 0.4) is 0 Å². The predicted octanol–water partition coefficient (Wildman–Crippen LogP) is 1.19. The molecule has 1 fully saturated rings. The number of carbonyl (C=O) groups excluding carboxylic acids is 1. The molecule has 1 saturated heterocycles. The fourth-order valence-corrected chi connectivity index (χ4v) is 2.42. The lowest BCUT2D eigenvalue weighted by molar-refractivity contribution is -0.147. The largest absolute Gasteiger partial charge is 0.377 e. The Morgan fingerprint density at radius 3 is 2.74 bits per heavy atom. The Morgan fingerprint density at radius 1 is 1.42 bits per heavy atom. The molecule has 1 aromatic rings. The van der Waals surface area contributed by atoms with Crippen LogP contribution in [0.4, 0.5) is 0 Å². The van der Waals surface area contributed by atoms with Crippen molar-refractivity contribution in [2.75, 3.05) is 19.8 Å².